The van der Waals surface area contributed by atoms with E-state index in [1.807, 2.05) is 0 Å². The fraction of sp³-hybridized carbons (Fsp3) is 0.125. The molecule has 6 heteroatoms. The number of carbonyl (C=O) groups is 1. The van der Waals surface area contributed by atoms with Crippen LogP contribution in [-0.4, -0.2) is 19.5 Å². The lowest BCUT2D eigenvalue weighted by Crippen LogP contribution is -2.05. The molecule has 1 aromatic rings. The van der Waals surface area contributed by atoms with Crippen molar-refractivity contribution >= 4 is 16.2 Å². The summed E-state index contributed by atoms with van der Waals surface area (Å²) in [5.74, 6) is -1.47. The van der Waals surface area contributed by atoms with Crippen molar-refractivity contribution in [3.05, 3.63) is 29.3 Å². The molecule has 14 heavy (non-hydrogen) atoms. The molecule has 0 aliphatic carbocycles. The van der Waals surface area contributed by atoms with Crippen molar-refractivity contribution in [2.45, 2.75) is 11.8 Å². The Balaban J connectivity index is 3.53. The molecule has 0 heterocycles. The van der Waals surface area contributed by atoms with Gasteiger partial charge in [0.25, 0.3) is 0 Å². The number of rotatable bonds is 2. The van der Waals surface area contributed by atoms with Gasteiger partial charge < -0.3 is 5.11 Å². The topological polar surface area (TPSA) is 71.4 Å². The molecule has 0 fully saturated rings. The summed E-state index contributed by atoms with van der Waals surface area (Å²) in [6, 6.07) is 3.38. The molecule has 0 spiro atoms. The lowest BCUT2D eigenvalue weighted by molar-refractivity contribution is 0.0692. The molecule has 0 aromatic heterocycles. The van der Waals surface area contributed by atoms with E-state index in [1.54, 1.807) is 6.92 Å². The Morgan fingerprint density at radius 2 is 2.00 bits per heavy atom. The lowest BCUT2D eigenvalue weighted by Gasteiger charge is -2.01. The van der Waals surface area contributed by atoms with Gasteiger partial charge in [-0.2, -0.15) is 8.42 Å². The summed E-state index contributed by atoms with van der Waals surface area (Å²) < 4.78 is 33.7. The minimum atomic E-state index is -4.98. The van der Waals surface area contributed by atoms with Crippen LogP contribution in [-0.2, 0) is 10.2 Å². The van der Waals surface area contributed by atoms with E-state index < -0.39 is 26.7 Å². The molecule has 76 valence electrons. The third kappa shape index (κ3) is 2.08. The number of carboxylic acids is 1. The van der Waals surface area contributed by atoms with Gasteiger partial charge in [0, 0.05) is 0 Å². The number of hydrogen-bond donors (Lipinski definition) is 1. The predicted molar refractivity (Wildman–Crippen MR) is 46.4 cm³/mol. The molecule has 0 unspecified atom stereocenters. The summed E-state index contributed by atoms with van der Waals surface area (Å²) in [5, 5.41) is 8.62. The molecule has 1 N–H and O–H groups in total. The standard InChI is InChI=1S/C8H7FO4S/c1-5-2-3-7(14(9,12)13)6(4-5)8(10)11/h2-4H,1H3,(H,10,11). The zero-order valence-corrected chi connectivity index (χ0v) is 8.01. The van der Waals surface area contributed by atoms with Gasteiger partial charge in [-0.1, -0.05) is 11.6 Å². The fourth-order valence-corrected chi connectivity index (χ4v) is 1.66. The zero-order chi connectivity index (χ0) is 10.9. The average molecular weight is 218 g/mol. The fourth-order valence-electron chi connectivity index (χ4n) is 1.02. The Morgan fingerprint density at radius 3 is 2.43 bits per heavy atom. The molecule has 0 atom stereocenters. The van der Waals surface area contributed by atoms with Crippen LogP contribution in [0.5, 0.6) is 0 Å². The smallest absolute Gasteiger partial charge is 0.337 e. The van der Waals surface area contributed by atoms with Gasteiger partial charge in [-0.3, -0.25) is 0 Å². The largest absolute Gasteiger partial charge is 0.478 e. The molecule has 0 aliphatic heterocycles. The summed E-state index contributed by atoms with van der Waals surface area (Å²) >= 11 is 0. The summed E-state index contributed by atoms with van der Waals surface area (Å²) in [4.78, 5) is 9.78. The maximum Gasteiger partial charge on any atom is 0.337 e. The van der Waals surface area contributed by atoms with Gasteiger partial charge in [0.1, 0.15) is 4.90 Å². The summed E-state index contributed by atoms with van der Waals surface area (Å²) in [5.41, 5.74) is 0.00213. The first-order chi connectivity index (χ1) is 6.32. The Bertz CT molecular complexity index is 478. The highest BCUT2D eigenvalue weighted by atomic mass is 32.3. The quantitative estimate of drug-likeness (QED) is 0.760. The summed E-state index contributed by atoms with van der Waals surface area (Å²) in [6.07, 6.45) is 0. The highest BCUT2D eigenvalue weighted by Crippen LogP contribution is 2.19. The van der Waals surface area contributed by atoms with Gasteiger partial charge >= 0.3 is 16.2 Å². The van der Waals surface area contributed by atoms with Crippen molar-refractivity contribution in [1.82, 2.24) is 0 Å². The van der Waals surface area contributed by atoms with E-state index in [2.05, 4.69) is 0 Å². The number of benzene rings is 1. The summed E-state index contributed by atoms with van der Waals surface area (Å²) in [7, 11) is -4.98. The van der Waals surface area contributed by atoms with Crippen LogP contribution in [0.15, 0.2) is 23.1 Å². The Labute approximate surface area is 80.2 Å². The molecule has 1 aromatic carbocycles. The van der Waals surface area contributed by atoms with E-state index in [0.717, 1.165) is 12.1 Å². The van der Waals surface area contributed by atoms with Crippen molar-refractivity contribution in [2.75, 3.05) is 0 Å². The first-order valence-electron chi connectivity index (χ1n) is 3.61. The predicted octanol–water partition coefficient (Wildman–Crippen LogP) is 1.35. The van der Waals surface area contributed by atoms with Crippen LogP contribution in [0.25, 0.3) is 0 Å². The minimum absolute atomic E-state index is 0.549. The van der Waals surface area contributed by atoms with E-state index in [0.29, 0.717) is 5.56 Å². The SMILES string of the molecule is Cc1ccc(S(=O)(=O)F)c(C(=O)O)c1. The van der Waals surface area contributed by atoms with Gasteiger partial charge in [0.15, 0.2) is 0 Å². The Morgan fingerprint density at radius 1 is 1.43 bits per heavy atom. The number of carboxylic acid groups (broad SMARTS) is 1. The third-order valence-electron chi connectivity index (χ3n) is 1.63. The monoisotopic (exact) mass is 218 g/mol. The molecule has 0 bridgehead atoms. The molecule has 0 radical (unpaired) electrons. The number of hydrogen-bond acceptors (Lipinski definition) is 3. The van der Waals surface area contributed by atoms with Crippen LogP contribution in [0.1, 0.15) is 15.9 Å². The molecule has 4 nitrogen and oxygen atoms in total. The van der Waals surface area contributed by atoms with E-state index in [9.17, 15) is 17.1 Å². The van der Waals surface area contributed by atoms with Crippen LogP contribution in [0.3, 0.4) is 0 Å². The van der Waals surface area contributed by atoms with Crippen LogP contribution >= 0.6 is 0 Å². The third-order valence-corrected chi connectivity index (χ3v) is 2.51. The maximum atomic E-state index is 12.6. The number of halogens is 1. The highest BCUT2D eigenvalue weighted by Gasteiger charge is 2.21. The van der Waals surface area contributed by atoms with E-state index in [1.165, 1.54) is 6.07 Å². The number of aryl methyl sites for hydroxylation is 1. The molecule has 0 aliphatic rings. The van der Waals surface area contributed by atoms with E-state index in [-0.39, 0.29) is 0 Å². The number of aromatic carboxylic acids is 1. The first-order valence-corrected chi connectivity index (χ1v) is 4.99. The van der Waals surface area contributed by atoms with Crippen LogP contribution in [0.2, 0.25) is 0 Å². The van der Waals surface area contributed by atoms with Gasteiger partial charge in [-0.05, 0) is 19.1 Å². The second-order valence-corrected chi connectivity index (χ2v) is 4.06. The minimum Gasteiger partial charge on any atom is -0.478 e. The van der Waals surface area contributed by atoms with Gasteiger partial charge in [0.2, 0.25) is 0 Å². The first kappa shape index (κ1) is 10.6. The lowest BCUT2D eigenvalue weighted by atomic mass is 10.1. The molecular weight excluding hydrogens is 211 g/mol. The van der Waals surface area contributed by atoms with Crippen molar-refractivity contribution in [3.8, 4) is 0 Å². The molecule has 0 amide bonds. The Hall–Kier alpha value is -1.43. The summed E-state index contributed by atoms with van der Waals surface area (Å²) in [6.45, 7) is 1.58. The zero-order valence-electron chi connectivity index (χ0n) is 7.19. The second kappa shape index (κ2) is 3.38. The van der Waals surface area contributed by atoms with Crippen molar-refractivity contribution < 1.29 is 22.2 Å². The molecular formula is C8H7FO4S. The van der Waals surface area contributed by atoms with Crippen LogP contribution < -0.4 is 0 Å². The van der Waals surface area contributed by atoms with Crippen molar-refractivity contribution in [3.63, 3.8) is 0 Å². The van der Waals surface area contributed by atoms with Gasteiger partial charge in [-0.25, -0.2) is 4.79 Å². The molecule has 1 rings (SSSR count). The molecule has 0 saturated carbocycles. The second-order valence-electron chi connectivity index (χ2n) is 2.74. The van der Waals surface area contributed by atoms with Gasteiger partial charge in [0.05, 0.1) is 5.56 Å². The van der Waals surface area contributed by atoms with Crippen LogP contribution in [0.4, 0.5) is 3.89 Å². The molecule has 0 saturated heterocycles. The average Bonchev–Trinajstić information content (AvgIpc) is 2.01. The maximum absolute atomic E-state index is 12.6. The van der Waals surface area contributed by atoms with Crippen LogP contribution in [0, 0.1) is 6.92 Å². The van der Waals surface area contributed by atoms with Crippen molar-refractivity contribution in [1.29, 1.82) is 0 Å². The van der Waals surface area contributed by atoms with Crippen molar-refractivity contribution in [2.24, 2.45) is 0 Å². The normalized spacial score (nSPS) is 11.3. The van der Waals surface area contributed by atoms with Gasteiger partial charge in [-0.15, -0.1) is 3.89 Å². The highest BCUT2D eigenvalue weighted by molar-refractivity contribution is 7.86. The van der Waals surface area contributed by atoms with E-state index >= 15 is 0 Å². The van der Waals surface area contributed by atoms with E-state index in [4.69, 9.17) is 5.11 Å². The Kier molecular flexibility index (Phi) is 2.57.